The first-order chi connectivity index (χ1) is 11.9. The number of rotatable bonds is 6. The molecular weight excluding hydrogens is 402 g/mol. The summed E-state index contributed by atoms with van der Waals surface area (Å²) in [4.78, 5) is 10.2. The predicted molar refractivity (Wildman–Crippen MR) is 92.9 cm³/mol. The number of aliphatic carboxylic acids is 1. The lowest BCUT2D eigenvalue weighted by molar-refractivity contribution is -0.307. The number of aryl methyl sites for hydroxylation is 1. The van der Waals surface area contributed by atoms with Crippen LogP contribution in [0.2, 0.25) is 5.02 Å². The van der Waals surface area contributed by atoms with Gasteiger partial charge in [-0.1, -0.05) is 17.7 Å². The number of halogens is 1. The van der Waals surface area contributed by atoms with Crippen LogP contribution in [0.1, 0.15) is 12.5 Å². The highest BCUT2D eigenvalue weighted by molar-refractivity contribution is 7.91. The van der Waals surface area contributed by atoms with Crippen LogP contribution >= 0.6 is 11.6 Å². The van der Waals surface area contributed by atoms with Crippen molar-refractivity contribution in [1.82, 2.24) is 4.72 Å². The van der Waals surface area contributed by atoms with E-state index in [1.165, 1.54) is 43.3 Å². The molecule has 0 aliphatic heterocycles. The number of carbonyl (C=O) groups is 1. The lowest BCUT2D eigenvalue weighted by atomic mass is 10.2. The fourth-order valence-corrected chi connectivity index (χ4v) is 5.08. The Morgan fingerprint density at radius 2 is 1.58 bits per heavy atom. The van der Waals surface area contributed by atoms with Gasteiger partial charge < -0.3 is 9.90 Å². The molecule has 2 aromatic rings. The van der Waals surface area contributed by atoms with Gasteiger partial charge in [0.1, 0.15) is 0 Å². The highest BCUT2D eigenvalue weighted by Gasteiger charge is 2.24. The van der Waals surface area contributed by atoms with Crippen molar-refractivity contribution in [3.05, 3.63) is 53.1 Å². The van der Waals surface area contributed by atoms with Crippen LogP contribution in [0.3, 0.4) is 0 Å². The fraction of sp³-hybridized carbons (Fsp3) is 0.188. The summed E-state index contributed by atoms with van der Waals surface area (Å²) in [6, 6.07) is 7.55. The van der Waals surface area contributed by atoms with Crippen LogP contribution in [0.15, 0.2) is 57.2 Å². The lowest BCUT2D eigenvalue weighted by Gasteiger charge is -2.16. The fourth-order valence-electron chi connectivity index (χ4n) is 2.13. The topological polar surface area (TPSA) is 120 Å². The molecule has 140 valence electrons. The van der Waals surface area contributed by atoms with Gasteiger partial charge in [-0.3, -0.25) is 0 Å². The molecule has 0 amide bonds. The van der Waals surface area contributed by atoms with Crippen molar-refractivity contribution in [3.63, 3.8) is 0 Å². The van der Waals surface area contributed by atoms with E-state index >= 15 is 0 Å². The quantitative estimate of drug-likeness (QED) is 0.746. The zero-order chi connectivity index (χ0) is 19.7. The van der Waals surface area contributed by atoms with Crippen molar-refractivity contribution >= 4 is 37.4 Å². The molecule has 2 rings (SSSR count). The number of carboxylic acid groups (broad SMARTS) is 1. The number of hydrogen-bond acceptors (Lipinski definition) is 6. The van der Waals surface area contributed by atoms with Crippen molar-refractivity contribution in [2.75, 3.05) is 0 Å². The van der Waals surface area contributed by atoms with Gasteiger partial charge in [0.15, 0.2) is 0 Å². The van der Waals surface area contributed by atoms with Crippen LogP contribution < -0.4 is 9.83 Å². The summed E-state index contributed by atoms with van der Waals surface area (Å²) in [7, 11) is -8.24. The Morgan fingerprint density at radius 3 is 2.12 bits per heavy atom. The van der Waals surface area contributed by atoms with Crippen LogP contribution in [0.25, 0.3) is 0 Å². The number of nitrogens with one attached hydrogen (secondary N) is 1. The van der Waals surface area contributed by atoms with Crippen LogP contribution in [0, 0.1) is 6.92 Å². The standard InChI is InChI=1S/C16H16ClNO6S2/c1-10-3-6-14(25(21,22)13-7-4-12(17)5-8-13)9-15(10)26(23,24)18-11(2)16(19)20/h3-9,11,18H,1-2H3,(H,19,20)/p-1. The van der Waals surface area contributed by atoms with Crippen LogP contribution in [0.5, 0.6) is 0 Å². The van der Waals surface area contributed by atoms with E-state index in [0.29, 0.717) is 5.02 Å². The van der Waals surface area contributed by atoms with Gasteiger partial charge in [0.05, 0.1) is 26.7 Å². The van der Waals surface area contributed by atoms with E-state index in [4.69, 9.17) is 11.6 Å². The zero-order valence-corrected chi connectivity index (χ0v) is 16.2. The second-order valence-corrected chi connectivity index (χ2v) is 9.62. The normalized spacial score (nSPS) is 13.3. The summed E-state index contributed by atoms with van der Waals surface area (Å²) in [5.74, 6) is -1.60. The predicted octanol–water partition coefficient (Wildman–Crippen LogP) is 0.898. The average molecular weight is 417 g/mol. The molecule has 0 spiro atoms. The molecule has 1 unspecified atom stereocenters. The minimum Gasteiger partial charge on any atom is -0.548 e. The third-order valence-corrected chi connectivity index (χ3v) is 7.27. The summed E-state index contributed by atoms with van der Waals surface area (Å²) >= 11 is 5.75. The summed E-state index contributed by atoms with van der Waals surface area (Å²) in [6.45, 7) is 2.58. The van der Waals surface area contributed by atoms with Gasteiger partial charge in [-0.15, -0.1) is 0 Å². The number of carbonyl (C=O) groups excluding carboxylic acids is 1. The molecule has 0 aromatic heterocycles. The Morgan fingerprint density at radius 1 is 1.04 bits per heavy atom. The Balaban J connectivity index is 2.53. The van der Waals surface area contributed by atoms with Crippen molar-refractivity contribution in [3.8, 4) is 0 Å². The third kappa shape index (κ3) is 4.24. The molecule has 0 fully saturated rings. The number of sulfone groups is 1. The second kappa shape index (κ2) is 7.36. The minimum absolute atomic E-state index is 0.0508. The van der Waals surface area contributed by atoms with E-state index in [1.807, 2.05) is 4.72 Å². The SMILES string of the molecule is Cc1ccc(S(=O)(=O)c2ccc(Cl)cc2)cc1S(=O)(=O)NC(C)C(=O)[O-]. The maximum Gasteiger partial charge on any atom is 0.241 e. The van der Waals surface area contributed by atoms with E-state index in [9.17, 15) is 26.7 Å². The molecule has 0 aliphatic rings. The van der Waals surface area contributed by atoms with Gasteiger partial charge in [-0.05, 0) is 55.8 Å². The van der Waals surface area contributed by atoms with Gasteiger partial charge in [0.25, 0.3) is 0 Å². The molecule has 0 heterocycles. The van der Waals surface area contributed by atoms with E-state index in [2.05, 4.69) is 0 Å². The van der Waals surface area contributed by atoms with Crippen molar-refractivity contribution in [1.29, 1.82) is 0 Å². The minimum atomic E-state index is -4.26. The van der Waals surface area contributed by atoms with Gasteiger partial charge in [0.2, 0.25) is 19.9 Å². The van der Waals surface area contributed by atoms with Crippen LogP contribution in [-0.4, -0.2) is 28.8 Å². The van der Waals surface area contributed by atoms with Crippen molar-refractivity contribution < 1.29 is 26.7 Å². The summed E-state index contributed by atoms with van der Waals surface area (Å²) < 4.78 is 52.2. The van der Waals surface area contributed by atoms with Crippen LogP contribution in [0.4, 0.5) is 0 Å². The van der Waals surface area contributed by atoms with Crippen LogP contribution in [-0.2, 0) is 24.7 Å². The Hall–Kier alpha value is -1.94. The number of hydrogen-bond donors (Lipinski definition) is 1. The lowest BCUT2D eigenvalue weighted by Crippen LogP contribution is -2.45. The number of carboxylic acids is 1. The van der Waals surface area contributed by atoms with Gasteiger partial charge in [-0.25, -0.2) is 21.6 Å². The molecule has 1 atom stereocenters. The number of benzene rings is 2. The summed E-state index contributed by atoms with van der Waals surface area (Å²) in [5, 5.41) is 11.1. The van der Waals surface area contributed by atoms with Gasteiger partial charge >= 0.3 is 0 Å². The largest absolute Gasteiger partial charge is 0.548 e. The Bertz CT molecular complexity index is 1050. The highest BCUT2D eigenvalue weighted by atomic mass is 35.5. The first-order valence-corrected chi connectivity index (χ1v) is 10.6. The monoisotopic (exact) mass is 416 g/mol. The molecule has 26 heavy (non-hydrogen) atoms. The first kappa shape index (κ1) is 20.4. The van der Waals surface area contributed by atoms with Crippen molar-refractivity contribution in [2.45, 2.75) is 34.6 Å². The number of sulfonamides is 1. The molecule has 10 heteroatoms. The molecule has 0 aliphatic carbocycles. The molecule has 1 N–H and O–H groups in total. The molecule has 0 bridgehead atoms. The summed E-state index contributed by atoms with van der Waals surface area (Å²) in [6.07, 6.45) is 0. The van der Waals surface area contributed by atoms with Gasteiger partial charge in [-0.2, -0.15) is 0 Å². The maximum atomic E-state index is 12.7. The van der Waals surface area contributed by atoms with E-state index in [-0.39, 0.29) is 20.2 Å². The van der Waals surface area contributed by atoms with E-state index in [1.54, 1.807) is 0 Å². The molecule has 0 saturated heterocycles. The van der Waals surface area contributed by atoms with E-state index in [0.717, 1.165) is 13.0 Å². The third-order valence-electron chi connectivity index (χ3n) is 3.57. The van der Waals surface area contributed by atoms with E-state index < -0.39 is 31.9 Å². The average Bonchev–Trinajstić information content (AvgIpc) is 2.54. The molecule has 7 nitrogen and oxygen atoms in total. The first-order valence-electron chi connectivity index (χ1n) is 7.29. The highest BCUT2D eigenvalue weighted by Crippen LogP contribution is 2.26. The molecular formula is C16H15ClNO6S2-. The zero-order valence-electron chi connectivity index (χ0n) is 13.8. The molecule has 0 saturated carbocycles. The second-order valence-electron chi connectivity index (χ2n) is 5.55. The smallest absolute Gasteiger partial charge is 0.241 e. The van der Waals surface area contributed by atoms with Crippen molar-refractivity contribution in [2.24, 2.45) is 0 Å². The Labute approximate surface area is 156 Å². The Kier molecular flexibility index (Phi) is 5.76. The molecule has 2 aromatic carbocycles. The van der Waals surface area contributed by atoms with Gasteiger partial charge in [0, 0.05) is 5.02 Å². The molecule has 0 radical (unpaired) electrons. The summed E-state index contributed by atoms with van der Waals surface area (Å²) in [5.41, 5.74) is 0.262. The maximum absolute atomic E-state index is 12.7.